The molecule has 6 heteroatoms. The molecule has 2 N–H and O–H groups in total. The summed E-state index contributed by atoms with van der Waals surface area (Å²) in [6, 6.07) is 6.58. The van der Waals surface area contributed by atoms with Gasteiger partial charge in [0.2, 0.25) is 10.0 Å². The maximum Gasteiger partial charge on any atom is 0.244 e. The smallest absolute Gasteiger partial charge is 0.244 e. The molecular formula is C12H20N2O3S. The number of hydrogen-bond acceptors (Lipinski definition) is 4. The second kappa shape index (κ2) is 7.35. The van der Waals surface area contributed by atoms with E-state index in [1.807, 2.05) is 6.92 Å². The lowest BCUT2D eigenvalue weighted by Crippen LogP contribution is -2.27. The normalized spacial score (nSPS) is 11.4. The third-order valence-electron chi connectivity index (χ3n) is 2.43. The van der Waals surface area contributed by atoms with Crippen molar-refractivity contribution in [2.24, 2.45) is 0 Å². The highest BCUT2D eigenvalue weighted by molar-refractivity contribution is 7.89. The van der Waals surface area contributed by atoms with E-state index in [2.05, 4.69) is 10.0 Å². The van der Waals surface area contributed by atoms with Crippen LogP contribution in [0.2, 0.25) is 0 Å². The van der Waals surface area contributed by atoms with Crippen LogP contribution in [0.25, 0.3) is 0 Å². The molecule has 0 atom stereocenters. The van der Waals surface area contributed by atoms with Crippen molar-refractivity contribution in [2.75, 3.05) is 26.7 Å². The van der Waals surface area contributed by atoms with Gasteiger partial charge in [0, 0.05) is 6.54 Å². The summed E-state index contributed by atoms with van der Waals surface area (Å²) >= 11 is 0. The molecule has 1 rings (SSSR count). The van der Waals surface area contributed by atoms with Gasteiger partial charge in [0.05, 0.1) is 7.11 Å². The van der Waals surface area contributed by atoms with Gasteiger partial charge < -0.3 is 10.1 Å². The van der Waals surface area contributed by atoms with Crippen LogP contribution >= 0.6 is 0 Å². The van der Waals surface area contributed by atoms with Gasteiger partial charge in [-0.3, -0.25) is 0 Å². The van der Waals surface area contributed by atoms with E-state index in [4.69, 9.17) is 4.74 Å². The Bertz CT molecular complexity index is 460. The molecule has 0 aromatic heterocycles. The minimum atomic E-state index is -3.49. The predicted molar refractivity (Wildman–Crippen MR) is 71.3 cm³/mol. The van der Waals surface area contributed by atoms with Gasteiger partial charge in [-0.2, -0.15) is 0 Å². The van der Waals surface area contributed by atoms with Crippen LogP contribution in [-0.2, 0) is 10.0 Å². The summed E-state index contributed by atoms with van der Waals surface area (Å²) in [6.45, 7) is 4.11. The van der Waals surface area contributed by atoms with E-state index in [1.54, 1.807) is 18.2 Å². The largest absolute Gasteiger partial charge is 0.495 e. The van der Waals surface area contributed by atoms with Gasteiger partial charge in [-0.15, -0.1) is 0 Å². The highest BCUT2D eigenvalue weighted by Crippen LogP contribution is 2.22. The first kappa shape index (κ1) is 14.9. The summed E-state index contributed by atoms with van der Waals surface area (Å²) in [6.07, 6.45) is 0.752. The van der Waals surface area contributed by atoms with Crippen molar-refractivity contribution in [2.45, 2.75) is 18.2 Å². The molecule has 1 aromatic rings. The first-order valence-electron chi connectivity index (χ1n) is 5.95. The first-order valence-corrected chi connectivity index (χ1v) is 7.43. The van der Waals surface area contributed by atoms with Gasteiger partial charge in [0.25, 0.3) is 0 Å². The number of methoxy groups -OCH3 is 1. The molecule has 0 saturated carbocycles. The van der Waals surface area contributed by atoms with E-state index in [1.165, 1.54) is 13.2 Å². The Labute approximate surface area is 109 Å². The number of sulfonamides is 1. The highest BCUT2D eigenvalue weighted by Gasteiger charge is 2.17. The molecule has 0 bridgehead atoms. The van der Waals surface area contributed by atoms with Crippen LogP contribution in [0.5, 0.6) is 5.75 Å². The third-order valence-corrected chi connectivity index (χ3v) is 3.93. The van der Waals surface area contributed by atoms with Crippen molar-refractivity contribution in [3.05, 3.63) is 24.3 Å². The van der Waals surface area contributed by atoms with Crippen LogP contribution in [0.3, 0.4) is 0 Å². The van der Waals surface area contributed by atoms with Crippen LogP contribution in [0.4, 0.5) is 0 Å². The molecule has 0 amide bonds. The average molecular weight is 272 g/mol. The topological polar surface area (TPSA) is 67.4 Å². The number of ether oxygens (including phenoxy) is 1. The maximum atomic E-state index is 12.0. The molecular weight excluding hydrogens is 252 g/mol. The summed E-state index contributed by atoms with van der Waals surface area (Å²) < 4.78 is 31.7. The fraction of sp³-hybridized carbons (Fsp3) is 0.500. The van der Waals surface area contributed by atoms with Crippen molar-refractivity contribution < 1.29 is 13.2 Å². The third kappa shape index (κ3) is 4.29. The molecule has 0 aliphatic carbocycles. The molecule has 0 radical (unpaired) electrons. The van der Waals surface area contributed by atoms with Gasteiger partial charge in [-0.1, -0.05) is 19.1 Å². The van der Waals surface area contributed by atoms with E-state index < -0.39 is 10.0 Å². The van der Waals surface area contributed by atoms with Crippen molar-refractivity contribution in [3.8, 4) is 5.75 Å². The Morgan fingerprint density at radius 2 is 1.94 bits per heavy atom. The average Bonchev–Trinajstić information content (AvgIpc) is 2.38. The highest BCUT2D eigenvalue weighted by atomic mass is 32.2. The Kier molecular flexibility index (Phi) is 6.11. The van der Waals surface area contributed by atoms with Gasteiger partial charge in [-0.05, 0) is 31.6 Å². The van der Waals surface area contributed by atoms with Crippen LogP contribution in [0.1, 0.15) is 13.3 Å². The second-order valence-corrected chi connectivity index (χ2v) is 5.49. The second-order valence-electron chi connectivity index (χ2n) is 3.76. The molecule has 102 valence electrons. The molecule has 0 heterocycles. The summed E-state index contributed by atoms with van der Waals surface area (Å²) in [5.41, 5.74) is 0. The van der Waals surface area contributed by atoms with E-state index in [0.717, 1.165) is 19.5 Å². The minimum absolute atomic E-state index is 0.177. The minimum Gasteiger partial charge on any atom is -0.495 e. The number of para-hydroxylation sites is 1. The molecule has 0 unspecified atom stereocenters. The van der Waals surface area contributed by atoms with Crippen molar-refractivity contribution in [1.29, 1.82) is 0 Å². The molecule has 18 heavy (non-hydrogen) atoms. The quantitative estimate of drug-likeness (QED) is 0.692. The fourth-order valence-corrected chi connectivity index (χ4v) is 2.76. The monoisotopic (exact) mass is 272 g/mol. The molecule has 0 spiro atoms. The van der Waals surface area contributed by atoms with Crippen LogP contribution in [0, 0.1) is 0 Å². The van der Waals surface area contributed by atoms with Gasteiger partial charge in [0.15, 0.2) is 0 Å². The Morgan fingerprint density at radius 1 is 1.22 bits per heavy atom. The van der Waals surface area contributed by atoms with Gasteiger partial charge in [0.1, 0.15) is 10.6 Å². The Hall–Kier alpha value is -1.11. The Morgan fingerprint density at radius 3 is 2.61 bits per heavy atom. The first-order chi connectivity index (χ1) is 8.61. The van der Waals surface area contributed by atoms with Gasteiger partial charge >= 0.3 is 0 Å². The summed E-state index contributed by atoms with van der Waals surface area (Å²) in [7, 11) is -2.04. The van der Waals surface area contributed by atoms with Crippen LogP contribution in [-0.4, -0.2) is 35.2 Å². The lowest BCUT2D eigenvalue weighted by molar-refractivity contribution is 0.402. The lowest BCUT2D eigenvalue weighted by Gasteiger charge is -2.10. The van der Waals surface area contributed by atoms with Crippen LogP contribution in [0.15, 0.2) is 29.2 Å². The molecule has 0 saturated heterocycles. The van der Waals surface area contributed by atoms with Crippen molar-refractivity contribution in [1.82, 2.24) is 10.0 Å². The number of benzene rings is 1. The molecule has 0 aliphatic rings. The van der Waals surface area contributed by atoms with E-state index in [9.17, 15) is 8.42 Å². The zero-order valence-corrected chi connectivity index (χ0v) is 11.6. The van der Waals surface area contributed by atoms with E-state index in [-0.39, 0.29) is 4.90 Å². The SMILES string of the molecule is CCNCCCNS(=O)(=O)c1ccccc1OC. The van der Waals surface area contributed by atoms with Gasteiger partial charge in [-0.25, -0.2) is 13.1 Å². The van der Waals surface area contributed by atoms with Crippen LogP contribution < -0.4 is 14.8 Å². The summed E-state index contributed by atoms with van der Waals surface area (Å²) in [5, 5.41) is 3.14. The number of hydrogen-bond donors (Lipinski definition) is 2. The molecule has 5 nitrogen and oxygen atoms in total. The Balaban J connectivity index is 2.63. The summed E-state index contributed by atoms with van der Waals surface area (Å²) in [5.74, 6) is 0.358. The standard InChI is InChI=1S/C12H20N2O3S/c1-3-13-9-6-10-14-18(15,16)12-8-5-4-7-11(12)17-2/h4-5,7-8,13-14H,3,6,9-10H2,1-2H3. The molecule has 0 fully saturated rings. The maximum absolute atomic E-state index is 12.0. The molecule has 1 aromatic carbocycles. The summed E-state index contributed by atoms with van der Waals surface area (Å²) in [4.78, 5) is 0.177. The number of nitrogens with one attached hydrogen (secondary N) is 2. The van der Waals surface area contributed by atoms with E-state index >= 15 is 0 Å². The number of rotatable bonds is 8. The molecule has 0 aliphatic heterocycles. The zero-order chi connectivity index (χ0) is 13.4. The van der Waals surface area contributed by atoms with Crippen molar-refractivity contribution in [3.63, 3.8) is 0 Å². The predicted octanol–water partition coefficient (Wildman–Crippen LogP) is 0.973. The van der Waals surface area contributed by atoms with Crippen molar-refractivity contribution >= 4 is 10.0 Å². The van der Waals surface area contributed by atoms with E-state index in [0.29, 0.717) is 12.3 Å². The zero-order valence-electron chi connectivity index (χ0n) is 10.8. The lowest BCUT2D eigenvalue weighted by atomic mass is 10.3. The fourth-order valence-electron chi connectivity index (χ4n) is 1.52.